The molecule has 1 fully saturated rings. The standard InChI is InChI=1S/C10H13N3OS2.2ClH/c1-8(14)16-13-4-2-3-9(6-13)5-10-7-15-12-11-10;;/h5,7H,2-4,6H2,1H3;2*1H. The molecule has 1 saturated heterocycles. The van der Waals surface area contributed by atoms with Crippen molar-refractivity contribution >= 4 is 59.5 Å². The van der Waals surface area contributed by atoms with Gasteiger partial charge in [0.15, 0.2) is 0 Å². The Kier molecular flexibility index (Phi) is 8.81. The number of carbonyl (C=O) groups is 1. The Morgan fingerprint density at radius 2 is 2.33 bits per heavy atom. The molecule has 1 aromatic heterocycles. The fourth-order valence-electron chi connectivity index (χ4n) is 1.69. The SMILES string of the molecule is CC(=O)SN1CCCC(=Cc2csnn2)C1.Cl.Cl. The van der Waals surface area contributed by atoms with E-state index in [9.17, 15) is 4.79 Å². The summed E-state index contributed by atoms with van der Waals surface area (Å²) in [5.41, 5.74) is 2.25. The van der Waals surface area contributed by atoms with Crippen molar-refractivity contribution in [3.8, 4) is 0 Å². The summed E-state index contributed by atoms with van der Waals surface area (Å²) >= 11 is 2.67. The summed E-state index contributed by atoms with van der Waals surface area (Å²) in [6.07, 6.45) is 4.27. The Bertz CT molecular complexity index is 398. The Balaban J connectivity index is 0.00000144. The second-order valence-corrected chi connectivity index (χ2v) is 5.57. The Morgan fingerprint density at radius 1 is 1.56 bits per heavy atom. The van der Waals surface area contributed by atoms with Gasteiger partial charge >= 0.3 is 0 Å². The summed E-state index contributed by atoms with van der Waals surface area (Å²) in [5, 5.41) is 6.08. The number of aromatic nitrogens is 2. The number of piperidine rings is 1. The van der Waals surface area contributed by atoms with Crippen LogP contribution in [0.5, 0.6) is 0 Å². The summed E-state index contributed by atoms with van der Waals surface area (Å²) in [4.78, 5) is 11.0. The van der Waals surface area contributed by atoms with Crippen LogP contribution in [0, 0.1) is 0 Å². The highest BCUT2D eigenvalue weighted by atomic mass is 35.5. The molecule has 1 aliphatic rings. The number of rotatable bonds is 2. The first-order chi connectivity index (χ1) is 7.74. The zero-order valence-corrected chi connectivity index (χ0v) is 13.1. The molecule has 0 radical (unpaired) electrons. The van der Waals surface area contributed by atoms with E-state index in [0.717, 1.165) is 31.6 Å². The van der Waals surface area contributed by atoms with Crippen LogP contribution in [0.15, 0.2) is 11.0 Å². The highest BCUT2D eigenvalue weighted by molar-refractivity contribution is 8.11. The molecule has 0 spiro atoms. The minimum absolute atomic E-state index is 0. The summed E-state index contributed by atoms with van der Waals surface area (Å²) in [5.74, 6) is 0. The van der Waals surface area contributed by atoms with Crippen molar-refractivity contribution in [2.75, 3.05) is 13.1 Å². The van der Waals surface area contributed by atoms with Gasteiger partial charge in [-0.2, -0.15) is 0 Å². The molecule has 102 valence electrons. The fraction of sp³-hybridized carbons (Fsp3) is 0.500. The van der Waals surface area contributed by atoms with Gasteiger partial charge in [0.1, 0.15) is 0 Å². The largest absolute Gasteiger partial charge is 0.286 e. The summed E-state index contributed by atoms with van der Waals surface area (Å²) in [7, 11) is 0. The van der Waals surface area contributed by atoms with Gasteiger partial charge in [-0.1, -0.05) is 10.1 Å². The van der Waals surface area contributed by atoms with Crippen LogP contribution in [0.25, 0.3) is 6.08 Å². The first-order valence-corrected chi connectivity index (χ1v) is 6.75. The van der Waals surface area contributed by atoms with Crippen LogP contribution in [-0.2, 0) is 4.79 Å². The number of carbonyl (C=O) groups excluding carboxylic acids is 1. The van der Waals surface area contributed by atoms with Crippen LogP contribution in [-0.4, -0.2) is 32.1 Å². The molecule has 0 saturated carbocycles. The maximum Gasteiger partial charge on any atom is 0.200 e. The molecular weight excluding hydrogens is 313 g/mol. The van der Waals surface area contributed by atoms with E-state index in [4.69, 9.17) is 0 Å². The maximum atomic E-state index is 11.0. The van der Waals surface area contributed by atoms with Crippen LogP contribution in [0.2, 0.25) is 0 Å². The average molecular weight is 328 g/mol. The van der Waals surface area contributed by atoms with Gasteiger partial charge in [0.25, 0.3) is 0 Å². The van der Waals surface area contributed by atoms with Crippen LogP contribution in [0.3, 0.4) is 0 Å². The van der Waals surface area contributed by atoms with Crippen molar-refractivity contribution in [2.45, 2.75) is 19.8 Å². The zero-order chi connectivity index (χ0) is 11.4. The predicted octanol–water partition coefficient (Wildman–Crippen LogP) is 3.06. The van der Waals surface area contributed by atoms with Crippen molar-refractivity contribution in [3.05, 3.63) is 16.6 Å². The maximum absolute atomic E-state index is 11.0. The summed E-state index contributed by atoms with van der Waals surface area (Å²) in [6, 6.07) is 0. The highest BCUT2D eigenvalue weighted by Gasteiger charge is 2.16. The Labute approximate surface area is 127 Å². The minimum atomic E-state index is 0. The molecular formula is C10H15Cl2N3OS2. The van der Waals surface area contributed by atoms with Crippen LogP contribution in [0.1, 0.15) is 25.5 Å². The topological polar surface area (TPSA) is 46.1 Å². The van der Waals surface area contributed by atoms with Gasteiger partial charge in [-0.25, -0.2) is 4.31 Å². The smallest absolute Gasteiger partial charge is 0.200 e. The van der Waals surface area contributed by atoms with Crippen LogP contribution < -0.4 is 0 Å². The van der Waals surface area contributed by atoms with Gasteiger partial charge in [-0.05, 0) is 42.4 Å². The van der Waals surface area contributed by atoms with E-state index >= 15 is 0 Å². The first kappa shape index (κ1) is 17.9. The van der Waals surface area contributed by atoms with Gasteiger partial charge in [0, 0.05) is 25.4 Å². The Hall–Kier alpha value is -0.140. The van der Waals surface area contributed by atoms with E-state index < -0.39 is 0 Å². The quantitative estimate of drug-likeness (QED) is 0.781. The second kappa shape index (κ2) is 8.87. The molecule has 8 heteroatoms. The fourth-order valence-corrected chi connectivity index (χ4v) is 2.91. The van der Waals surface area contributed by atoms with Crippen molar-refractivity contribution < 1.29 is 4.79 Å². The zero-order valence-electron chi connectivity index (χ0n) is 9.87. The third kappa shape index (κ3) is 5.67. The number of hydrogen-bond acceptors (Lipinski definition) is 6. The third-order valence-electron chi connectivity index (χ3n) is 2.27. The van der Waals surface area contributed by atoms with E-state index in [1.54, 1.807) is 6.92 Å². The molecule has 0 unspecified atom stereocenters. The van der Waals surface area contributed by atoms with Crippen molar-refractivity contribution in [1.82, 2.24) is 13.9 Å². The van der Waals surface area contributed by atoms with Gasteiger partial charge < -0.3 is 0 Å². The van der Waals surface area contributed by atoms with E-state index in [1.165, 1.54) is 29.1 Å². The Morgan fingerprint density at radius 3 is 2.94 bits per heavy atom. The lowest BCUT2D eigenvalue weighted by Gasteiger charge is -2.26. The molecule has 0 bridgehead atoms. The van der Waals surface area contributed by atoms with E-state index in [0.29, 0.717) is 0 Å². The molecule has 0 N–H and O–H groups in total. The normalized spacial score (nSPS) is 17.9. The molecule has 0 atom stereocenters. The van der Waals surface area contributed by atoms with Crippen molar-refractivity contribution in [1.29, 1.82) is 0 Å². The van der Waals surface area contributed by atoms with Crippen molar-refractivity contribution in [2.24, 2.45) is 0 Å². The lowest BCUT2D eigenvalue weighted by atomic mass is 10.1. The molecule has 1 aliphatic heterocycles. The molecule has 18 heavy (non-hydrogen) atoms. The van der Waals surface area contributed by atoms with Crippen LogP contribution in [0.4, 0.5) is 0 Å². The predicted molar refractivity (Wildman–Crippen MR) is 81.5 cm³/mol. The molecule has 0 amide bonds. The van der Waals surface area contributed by atoms with Gasteiger partial charge in [0.2, 0.25) is 5.12 Å². The summed E-state index contributed by atoms with van der Waals surface area (Å²) in [6.45, 7) is 3.44. The molecule has 4 nitrogen and oxygen atoms in total. The van der Waals surface area contributed by atoms with E-state index in [1.807, 2.05) is 5.38 Å². The van der Waals surface area contributed by atoms with Gasteiger partial charge in [-0.3, -0.25) is 4.79 Å². The average Bonchev–Trinajstić information content (AvgIpc) is 2.70. The monoisotopic (exact) mass is 327 g/mol. The minimum Gasteiger partial charge on any atom is -0.286 e. The first-order valence-electron chi connectivity index (χ1n) is 5.14. The molecule has 0 aliphatic carbocycles. The van der Waals surface area contributed by atoms with E-state index in [-0.39, 0.29) is 29.9 Å². The van der Waals surface area contributed by atoms with Crippen LogP contribution >= 0.6 is 48.3 Å². The van der Waals surface area contributed by atoms with E-state index in [2.05, 4.69) is 20.0 Å². The second-order valence-electron chi connectivity index (χ2n) is 3.68. The lowest BCUT2D eigenvalue weighted by Crippen LogP contribution is -2.26. The number of nitrogens with zero attached hydrogens (tertiary/aromatic N) is 3. The molecule has 1 aromatic rings. The van der Waals surface area contributed by atoms with Crippen molar-refractivity contribution in [3.63, 3.8) is 0 Å². The number of halogens is 2. The molecule has 2 rings (SSSR count). The van der Waals surface area contributed by atoms with Gasteiger partial charge in [-0.15, -0.1) is 29.9 Å². The third-order valence-corrected chi connectivity index (χ3v) is 3.62. The van der Waals surface area contributed by atoms with Gasteiger partial charge in [0.05, 0.1) is 5.69 Å². The highest BCUT2D eigenvalue weighted by Crippen LogP contribution is 2.23. The molecule has 2 heterocycles. The summed E-state index contributed by atoms with van der Waals surface area (Å²) < 4.78 is 5.94. The lowest BCUT2D eigenvalue weighted by molar-refractivity contribution is -0.109. The molecule has 0 aromatic carbocycles. The number of hydrogen-bond donors (Lipinski definition) is 0.